The first-order chi connectivity index (χ1) is 11.2. The molecule has 1 heterocycles. The van der Waals surface area contributed by atoms with E-state index in [1.54, 1.807) is 4.90 Å². The van der Waals surface area contributed by atoms with Gasteiger partial charge in [-0.25, -0.2) is 0 Å². The molecular formula is C19H20N2O2. The Morgan fingerprint density at radius 1 is 1.13 bits per heavy atom. The standard InChI is InChI=1S/C19H20N2O2/c1-2-14-8-6-7-11-17(14)20-18(22)16-12-13-21(19(16)23)15-9-4-3-5-10-15/h3-11,16H,2,12-13H2,1H3,(H,20,22). The van der Waals surface area contributed by atoms with Gasteiger partial charge in [-0.05, 0) is 36.6 Å². The van der Waals surface area contributed by atoms with Gasteiger partial charge in [-0.2, -0.15) is 0 Å². The van der Waals surface area contributed by atoms with Crippen LogP contribution in [0.5, 0.6) is 0 Å². The highest BCUT2D eigenvalue weighted by molar-refractivity contribution is 6.13. The number of para-hydroxylation sites is 2. The summed E-state index contributed by atoms with van der Waals surface area (Å²) in [5.41, 5.74) is 2.72. The lowest BCUT2D eigenvalue weighted by Crippen LogP contribution is -2.33. The van der Waals surface area contributed by atoms with Crippen molar-refractivity contribution in [1.29, 1.82) is 0 Å². The second-order valence-electron chi connectivity index (χ2n) is 5.67. The summed E-state index contributed by atoms with van der Waals surface area (Å²) >= 11 is 0. The predicted molar refractivity (Wildman–Crippen MR) is 91.4 cm³/mol. The Hall–Kier alpha value is -2.62. The van der Waals surface area contributed by atoms with Crippen molar-refractivity contribution in [2.45, 2.75) is 19.8 Å². The molecule has 118 valence electrons. The van der Waals surface area contributed by atoms with E-state index in [1.165, 1.54) is 0 Å². The van der Waals surface area contributed by atoms with Crippen molar-refractivity contribution in [3.63, 3.8) is 0 Å². The van der Waals surface area contributed by atoms with E-state index < -0.39 is 5.92 Å². The molecule has 0 aromatic heterocycles. The van der Waals surface area contributed by atoms with Crippen LogP contribution in [-0.4, -0.2) is 18.4 Å². The van der Waals surface area contributed by atoms with Gasteiger partial charge in [-0.1, -0.05) is 43.3 Å². The summed E-state index contributed by atoms with van der Waals surface area (Å²) in [6.45, 7) is 2.62. The molecule has 0 aliphatic carbocycles. The molecule has 0 saturated carbocycles. The molecule has 2 amide bonds. The molecule has 1 saturated heterocycles. The van der Waals surface area contributed by atoms with E-state index in [4.69, 9.17) is 0 Å². The van der Waals surface area contributed by atoms with E-state index >= 15 is 0 Å². The van der Waals surface area contributed by atoms with Gasteiger partial charge in [0.2, 0.25) is 11.8 Å². The van der Waals surface area contributed by atoms with Crippen molar-refractivity contribution >= 4 is 23.2 Å². The van der Waals surface area contributed by atoms with Crippen LogP contribution in [0.1, 0.15) is 18.9 Å². The molecule has 0 spiro atoms. The van der Waals surface area contributed by atoms with Gasteiger partial charge in [0, 0.05) is 17.9 Å². The van der Waals surface area contributed by atoms with Gasteiger partial charge in [0.05, 0.1) is 0 Å². The number of hydrogen-bond acceptors (Lipinski definition) is 2. The highest BCUT2D eigenvalue weighted by Crippen LogP contribution is 2.26. The zero-order valence-corrected chi connectivity index (χ0v) is 13.2. The molecule has 1 N–H and O–H groups in total. The Balaban J connectivity index is 1.73. The fourth-order valence-electron chi connectivity index (χ4n) is 2.96. The number of benzene rings is 2. The van der Waals surface area contributed by atoms with Crippen LogP contribution < -0.4 is 10.2 Å². The molecule has 1 unspecified atom stereocenters. The highest BCUT2D eigenvalue weighted by Gasteiger charge is 2.37. The van der Waals surface area contributed by atoms with E-state index in [9.17, 15) is 9.59 Å². The van der Waals surface area contributed by atoms with E-state index in [0.717, 1.165) is 23.4 Å². The number of rotatable bonds is 4. The van der Waals surface area contributed by atoms with Crippen LogP contribution in [0.4, 0.5) is 11.4 Å². The number of anilines is 2. The number of carbonyl (C=O) groups excluding carboxylic acids is 2. The molecule has 23 heavy (non-hydrogen) atoms. The highest BCUT2D eigenvalue weighted by atomic mass is 16.2. The van der Waals surface area contributed by atoms with Crippen LogP contribution in [-0.2, 0) is 16.0 Å². The normalized spacial score (nSPS) is 17.3. The molecule has 2 aromatic carbocycles. The molecule has 3 rings (SSSR count). The van der Waals surface area contributed by atoms with Crippen molar-refractivity contribution < 1.29 is 9.59 Å². The number of amides is 2. The summed E-state index contributed by atoms with van der Waals surface area (Å²) in [6.07, 6.45) is 1.39. The summed E-state index contributed by atoms with van der Waals surface area (Å²) in [4.78, 5) is 26.8. The van der Waals surface area contributed by atoms with Crippen molar-refractivity contribution in [2.75, 3.05) is 16.8 Å². The Morgan fingerprint density at radius 2 is 1.83 bits per heavy atom. The Labute approximate surface area is 136 Å². The van der Waals surface area contributed by atoms with Gasteiger partial charge in [0.15, 0.2) is 0 Å². The third kappa shape index (κ3) is 3.11. The number of nitrogens with zero attached hydrogens (tertiary/aromatic N) is 1. The third-order valence-electron chi connectivity index (χ3n) is 4.25. The largest absolute Gasteiger partial charge is 0.325 e. The maximum atomic E-state index is 12.6. The second kappa shape index (κ2) is 6.65. The minimum atomic E-state index is -0.611. The van der Waals surface area contributed by atoms with Gasteiger partial charge >= 0.3 is 0 Å². The van der Waals surface area contributed by atoms with Crippen molar-refractivity contribution in [3.05, 3.63) is 60.2 Å². The maximum absolute atomic E-state index is 12.6. The Morgan fingerprint density at radius 3 is 2.57 bits per heavy atom. The minimum absolute atomic E-state index is 0.123. The number of hydrogen-bond donors (Lipinski definition) is 1. The first kappa shape index (κ1) is 15.3. The molecule has 2 aromatic rings. The second-order valence-corrected chi connectivity index (χ2v) is 5.67. The quantitative estimate of drug-likeness (QED) is 0.882. The van der Waals surface area contributed by atoms with E-state index in [2.05, 4.69) is 5.32 Å². The van der Waals surface area contributed by atoms with Gasteiger partial charge in [0.1, 0.15) is 5.92 Å². The van der Waals surface area contributed by atoms with Gasteiger partial charge in [-0.15, -0.1) is 0 Å². The SMILES string of the molecule is CCc1ccccc1NC(=O)C1CCN(c2ccccc2)C1=O. The van der Waals surface area contributed by atoms with Crippen LogP contribution in [0.25, 0.3) is 0 Å². The summed E-state index contributed by atoms with van der Waals surface area (Å²) in [5.74, 6) is -0.947. The molecule has 4 heteroatoms. The van der Waals surface area contributed by atoms with Crippen molar-refractivity contribution in [2.24, 2.45) is 5.92 Å². The zero-order valence-electron chi connectivity index (χ0n) is 13.2. The zero-order chi connectivity index (χ0) is 16.2. The van der Waals surface area contributed by atoms with Gasteiger partial charge in [0.25, 0.3) is 0 Å². The first-order valence-corrected chi connectivity index (χ1v) is 7.96. The molecule has 1 aliphatic rings. The minimum Gasteiger partial charge on any atom is -0.325 e. The molecule has 0 bridgehead atoms. The lowest BCUT2D eigenvalue weighted by molar-refractivity contribution is -0.129. The average Bonchev–Trinajstić information content (AvgIpc) is 2.98. The summed E-state index contributed by atoms with van der Waals surface area (Å²) in [5, 5.41) is 2.92. The third-order valence-corrected chi connectivity index (χ3v) is 4.25. The number of nitrogens with one attached hydrogen (secondary N) is 1. The monoisotopic (exact) mass is 308 g/mol. The fourth-order valence-corrected chi connectivity index (χ4v) is 2.96. The molecular weight excluding hydrogens is 288 g/mol. The fraction of sp³-hybridized carbons (Fsp3) is 0.263. The average molecular weight is 308 g/mol. The molecule has 0 radical (unpaired) electrons. The van der Waals surface area contributed by atoms with Gasteiger partial charge in [-0.3, -0.25) is 9.59 Å². The topological polar surface area (TPSA) is 49.4 Å². The number of aryl methyl sites for hydroxylation is 1. The van der Waals surface area contributed by atoms with Crippen LogP contribution >= 0.6 is 0 Å². The van der Waals surface area contributed by atoms with Crippen LogP contribution in [0.2, 0.25) is 0 Å². The van der Waals surface area contributed by atoms with E-state index in [0.29, 0.717) is 13.0 Å². The summed E-state index contributed by atoms with van der Waals surface area (Å²) in [6, 6.07) is 17.2. The van der Waals surface area contributed by atoms with Crippen molar-refractivity contribution in [1.82, 2.24) is 0 Å². The summed E-state index contributed by atoms with van der Waals surface area (Å²) in [7, 11) is 0. The van der Waals surface area contributed by atoms with Crippen molar-refractivity contribution in [3.8, 4) is 0 Å². The smallest absolute Gasteiger partial charge is 0.239 e. The maximum Gasteiger partial charge on any atom is 0.239 e. The van der Waals surface area contributed by atoms with Crippen LogP contribution in [0.3, 0.4) is 0 Å². The van der Waals surface area contributed by atoms with E-state index in [-0.39, 0.29) is 11.8 Å². The Kier molecular flexibility index (Phi) is 4.42. The molecule has 4 nitrogen and oxygen atoms in total. The predicted octanol–water partition coefficient (Wildman–Crippen LogP) is 3.24. The van der Waals surface area contributed by atoms with Crippen LogP contribution in [0, 0.1) is 5.92 Å². The van der Waals surface area contributed by atoms with Gasteiger partial charge < -0.3 is 10.2 Å². The first-order valence-electron chi connectivity index (χ1n) is 7.96. The number of carbonyl (C=O) groups is 2. The van der Waals surface area contributed by atoms with E-state index in [1.807, 2.05) is 61.5 Å². The van der Waals surface area contributed by atoms with Crippen LogP contribution in [0.15, 0.2) is 54.6 Å². The lowest BCUT2D eigenvalue weighted by atomic mass is 10.1. The Bertz CT molecular complexity index is 712. The summed E-state index contributed by atoms with van der Waals surface area (Å²) < 4.78 is 0. The molecule has 1 atom stereocenters. The molecule has 1 aliphatic heterocycles. The molecule has 1 fully saturated rings. The lowest BCUT2D eigenvalue weighted by Gasteiger charge is -2.17.